The highest BCUT2D eigenvalue weighted by Gasteiger charge is 2.49. The van der Waals surface area contributed by atoms with Crippen molar-refractivity contribution in [1.82, 2.24) is 0 Å². The van der Waals surface area contributed by atoms with E-state index in [-0.39, 0.29) is 11.5 Å². The minimum absolute atomic E-state index is 0.0470. The van der Waals surface area contributed by atoms with Crippen molar-refractivity contribution in [2.24, 2.45) is 17.3 Å². The zero-order valence-electron chi connectivity index (χ0n) is 10.3. The lowest BCUT2D eigenvalue weighted by Crippen LogP contribution is -2.41. The molecule has 2 aliphatic rings. The summed E-state index contributed by atoms with van der Waals surface area (Å²) in [4.78, 5) is 0. The summed E-state index contributed by atoms with van der Waals surface area (Å²) in [5.41, 5.74) is 1.76. The minimum atomic E-state index is -0.0470. The van der Waals surface area contributed by atoms with Gasteiger partial charge in [0.15, 0.2) is 0 Å². The van der Waals surface area contributed by atoms with Crippen molar-refractivity contribution in [3.63, 3.8) is 0 Å². The van der Waals surface area contributed by atoms with Crippen molar-refractivity contribution in [3.05, 3.63) is 11.6 Å². The Kier molecular flexibility index (Phi) is 2.94. The molecule has 0 amide bonds. The zero-order valence-corrected chi connectivity index (χ0v) is 10.3. The summed E-state index contributed by atoms with van der Waals surface area (Å²) in [7, 11) is 0. The molecular formula is C14H24O. The van der Waals surface area contributed by atoms with Crippen LogP contribution in [0.4, 0.5) is 0 Å². The normalized spacial score (nSPS) is 41.3. The average molecular weight is 208 g/mol. The van der Waals surface area contributed by atoms with Crippen molar-refractivity contribution in [3.8, 4) is 0 Å². The van der Waals surface area contributed by atoms with Crippen LogP contribution >= 0.6 is 0 Å². The molecule has 0 heterocycles. The number of hydrogen-bond donors (Lipinski definition) is 1. The minimum Gasteiger partial charge on any atom is -0.393 e. The molecule has 1 fully saturated rings. The lowest BCUT2D eigenvalue weighted by molar-refractivity contribution is -0.0158. The molecule has 0 aliphatic heterocycles. The Labute approximate surface area is 93.6 Å². The molecular weight excluding hydrogens is 184 g/mol. The highest BCUT2D eigenvalue weighted by molar-refractivity contribution is 5.14. The monoisotopic (exact) mass is 208 g/mol. The van der Waals surface area contributed by atoms with Gasteiger partial charge in [-0.15, -0.1) is 0 Å². The standard InChI is InChI=1S/C14H24O/c1-10(2)12-9-11(3)6-8-14(12)7-4-5-13(14)15/h6,10,12-13,15H,4-5,7-9H2,1-3H3. The van der Waals surface area contributed by atoms with Crippen LogP contribution in [0.1, 0.15) is 52.9 Å². The molecule has 0 saturated heterocycles. The Morgan fingerprint density at radius 1 is 1.47 bits per heavy atom. The maximum Gasteiger partial charge on any atom is 0.0602 e. The van der Waals surface area contributed by atoms with Crippen LogP contribution in [-0.4, -0.2) is 11.2 Å². The van der Waals surface area contributed by atoms with Gasteiger partial charge < -0.3 is 5.11 Å². The average Bonchev–Trinajstić information content (AvgIpc) is 2.53. The molecule has 1 saturated carbocycles. The Bertz CT molecular complexity index is 267. The lowest BCUT2D eigenvalue weighted by Gasteiger charge is -2.45. The van der Waals surface area contributed by atoms with E-state index in [1.54, 1.807) is 0 Å². The van der Waals surface area contributed by atoms with Gasteiger partial charge in [0, 0.05) is 5.41 Å². The molecule has 1 nitrogen and oxygen atoms in total. The van der Waals surface area contributed by atoms with Gasteiger partial charge in [0.25, 0.3) is 0 Å². The third-order valence-corrected chi connectivity index (χ3v) is 4.70. The molecule has 86 valence electrons. The summed E-state index contributed by atoms with van der Waals surface area (Å²) in [5, 5.41) is 10.3. The molecule has 1 spiro atoms. The summed E-state index contributed by atoms with van der Waals surface area (Å²) in [6, 6.07) is 0. The van der Waals surface area contributed by atoms with E-state index in [0.717, 1.165) is 12.8 Å². The first-order valence-electron chi connectivity index (χ1n) is 6.40. The van der Waals surface area contributed by atoms with E-state index in [4.69, 9.17) is 0 Å². The summed E-state index contributed by atoms with van der Waals surface area (Å²) >= 11 is 0. The Morgan fingerprint density at radius 2 is 2.20 bits per heavy atom. The summed E-state index contributed by atoms with van der Waals surface area (Å²) in [6.45, 7) is 6.87. The van der Waals surface area contributed by atoms with E-state index in [2.05, 4.69) is 26.8 Å². The van der Waals surface area contributed by atoms with Crippen LogP contribution in [0.15, 0.2) is 11.6 Å². The molecule has 2 aliphatic carbocycles. The summed E-state index contributed by atoms with van der Waals surface area (Å²) in [5.74, 6) is 1.39. The van der Waals surface area contributed by atoms with Crippen molar-refractivity contribution in [2.75, 3.05) is 0 Å². The topological polar surface area (TPSA) is 20.2 Å². The van der Waals surface area contributed by atoms with Crippen LogP contribution in [0, 0.1) is 17.3 Å². The van der Waals surface area contributed by atoms with Crippen molar-refractivity contribution >= 4 is 0 Å². The lowest BCUT2D eigenvalue weighted by atomic mass is 9.61. The van der Waals surface area contributed by atoms with Gasteiger partial charge in [-0.05, 0) is 44.4 Å². The van der Waals surface area contributed by atoms with Gasteiger partial charge in [-0.25, -0.2) is 0 Å². The van der Waals surface area contributed by atoms with Gasteiger partial charge in [0.1, 0.15) is 0 Å². The van der Waals surface area contributed by atoms with E-state index in [1.807, 2.05) is 0 Å². The molecule has 1 N–H and O–H groups in total. The molecule has 0 aromatic rings. The van der Waals surface area contributed by atoms with Crippen molar-refractivity contribution < 1.29 is 5.11 Å². The molecule has 0 aromatic carbocycles. The largest absolute Gasteiger partial charge is 0.393 e. The first-order chi connectivity index (χ1) is 7.06. The number of aliphatic hydroxyl groups excluding tert-OH is 1. The second-order valence-electron chi connectivity index (χ2n) is 5.95. The fourth-order valence-electron chi connectivity index (χ4n) is 3.80. The van der Waals surface area contributed by atoms with E-state index in [0.29, 0.717) is 11.8 Å². The van der Waals surface area contributed by atoms with Crippen molar-refractivity contribution in [2.45, 2.75) is 59.0 Å². The predicted molar refractivity (Wildman–Crippen MR) is 63.6 cm³/mol. The van der Waals surface area contributed by atoms with Crippen LogP contribution in [0.25, 0.3) is 0 Å². The van der Waals surface area contributed by atoms with E-state index in [1.165, 1.54) is 24.8 Å². The third-order valence-electron chi connectivity index (χ3n) is 4.70. The van der Waals surface area contributed by atoms with Gasteiger partial charge in [0.05, 0.1) is 6.10 Å². The number of rotatable bonds is 1. The maximum absolute atomic E-state index is 10.3. The molecule has 0 aromatic heterocycles. The molecule has 3 atom stereocenters. The van der Waals surface area contributed by atoms with E-state index in [9.17, 15) is 5.11 Å². The second kappa shape index (κ2) is 3.93. The van der Waals surface area contributed by atoms with Crippen LogP contribution in [-0.2, 0) is 0 Å². The first kappa shape index (κ1) is 11.2. The van der Waals surface area contributed by atoms with Crippen LogP contribution in [0.3, 0.4) is 0 Å². The number of aliphatic hydroxyl groups is 1. The molecule has 0 radical (unpaired) electrons. The molecule has 0 bridgehead atoms. The Hall–Kier alpha value is -0.300. The summed E-state index contributed by atoms with van der Waals surface area (Å²) in [6.07, 6.45) is 8.12. The Balaban J connectivity index is 2.28. The molecule has 2 rings (SSSR count). The SMILES string of the molecule is CC1=CCC2(CCCC2O)C(C(C)C)C1. The highest BCUT2D eigenvalue weighted by atomic mass is 16.3. The molecule has 15 heavy (non-hydrogen) atoms. The second-order valence-corrected chi connectivity index (χ2v) is 5.95. The van der Waals surface area contributed by atoms with Crippen LogP contribution in [0.5, 0.6) is 0 Å². The Morgan fingerprint density at radius 3 is 2.73 bits per heavy atom. The van der Waals surface area contributed by atoms with Gasteiger partial charge in [-0.1, -0.05) is 31.9 Å². The van der Waals surface area contributed by atoms with Gasteiger partial charge in [0.2, 0.25) is 0 Å². The van der Waals surface area contributed by atoms with Crippen LogP contribution in [0.2, 0.25) is 0 Å². The third kappa shape index (κ3) is 1.75. The van der Waals surface area contributed by atoms with Gasteiger partial charge in [-0.3, -0.25) is 0 Å². The molecule has 3 unspecified atom stereocenters. The smallest absolute Gasteiger partial charge is 0.0602 e. The quantitative estimate of drug-likeness (QED) is 0.654. The van der Waals surface area contributed by atoms with Crippen molar-refractivity contribution in [1.29, 1.82) is 0 Å². The zero-order chi connectivity index (χ0) is 11.1. The van der Waals surface area contributed by atoms with E-state index < -0.39 is 0 Å². The predicted octanol–water partition coefficient (Wildman–Crippen LogP) is 3.53. The van der Waals surface area contributed by atoms with Gasteiger partial charge >= 0.3 is 0 Å². The molecule has 1 heteroatoms. The fraction of sp³-hybridized carbons (Fsp3) is 0.857. The fourth-order valence-corrected chi connectivity index (χ4v) is 3.80. The first-order valence-corrected chi connectivity index (χ1v) is 6.40. The van der Waals surface area contributed by atoms with E-state index >= 15 is 0 Å². The number of allylic oxidation sites excluding steroid dienone is 2. The summed E-state index contributed by atoms with van der Waals surface area (Å²) < 4.78 is 0. The maximum atomic E-state index is 10.3. The highest BCUT2D eigenvalue weighted by Crippen LogP contribution is 2.54. The van der Waals surface area contributed by atoms with Gasteiger partial charge in [-0.2, -0.15) is 0 Å². The number of hydrogen-bond acceptors (Lipinski definition) is 1. The van der Waals surface area contributed by atoms with Crippen LogP contribution < -0.4 is 0 Å².